The molecule has 0 aromatic heterocycles. The molecule has 8 nitrogen and oxygen atoms in total. The Morgan fingerprint density at radius 3 is 2.42 bits per heavy atom. The number of hydrogen-bond acceptors (Lipinski definition) is 6. The number of nitrogens with one attached hydrogen (secondary N) is 2. The molecule has 6 rings (SSSR count). The predicted octanol–water partition coefficient (Wildman–Crippen LogP) is 4.06. The minimum Gasteiger partial charge on any atom is -0.484 e. The molecule has 1 aliphatic heterocycles. The van der Waals surface area contributed by atoms with E-state index in [-0.39, 0.29) is 30.1 Å². The van der Waals surface area contributed by atoms with Crippen molar-refractivity contribution in [2.45, 2.75) is 55.6 Å². The Morgan fingerprint density at radius 1 is 1.00 bits per heavy atom. The maximum absolute atomic E-state index is 13.3. The molecular formula is C24H22Cl2F2N2O6. The zero-order valence-electron chi connectivity index (χ0n) is 18.8. The Morgan fingerprint density at radius 2 is 1.72 bits per heavy atom. The Hall–Kier alpha value is -2.82. The second kappa shape index (κ2) is 8.93. The number of amides is 2. The van der Waals surface area contributed by atoms with Crippen LogP contribution in [0, 0.1) is 0 Å². The predicted molar refractivity (Wildman–Crippen MR) is 125 cm³/mol. The van der Waals surface area contributed by atoms with Crippen molar-refractivity contribution in [1.29, 1.82) is 0 Å². The van der Waals surface area contributed by atoms with Crippen molar-refractivity contribution in [3.63, 3.8) is 0 Å². The summed E-state index contributed by atoms with van der Waals surface area (Å²) in [5, 5.41) is 17.5. The molecular weight excluding hydrogens is 521 g/mol. The maximum atomic E-state index is 13.3. The summed E-state index contributed by atoms with van der Waals surface area (Å²) in [5.74, 6) is -0.849. The van der Waals surface area contributed by atoms with E-state index in [1.165, 1.54) is 24.3 Å². The summed E-state index contributed by atoms with van der Waals surface area (Å²) in [7, 11) is 0. The van der Waals surface area contributed by atoms with Gasteiger partial charge in [-0.2, -0.15) is 0 Å². The van der Waals surface area contributed by atoms with Crippen LogP contribution >= 0.6 is 23.2 Å². The second-order valence-corrected chi connectivity index (χ2v) is 10.2. The van der Waals surface area contributed by atoms with Crippen LogP contribution in [-0.4, -0.2) is 47.0 Å². The summed E-state index contributed by atoms with van der Waals surface area (Å²) in [5.41, 5.74) is -1.37. The van der Waals surface area contributed by atoms with Gasteiger partial charge in [0, 0.05) is 17.2 Å². The summed E-state index contributed by atoms with van der Waals surface area (Å²) in [6.45, 7) is -0.266. The van der Waals surface area contributed by atoms with E-state index in [9.17, 15) is 23.5 Å². The molecule has 0 spiro atoms. The SMILES string of the molecule is O=C(COc1ccc(Cl)c(Cl)c1)NC12CCC(NC(=O)c3ccc4c(c3)OC(F)(F)O4)(CC1)CC2O. The Bertz CT molecular complexity index is 1220. The van der Waals surface area contributed by atoms with Gasteiger partial charge >= 0.3 is 6.29 Å². The molecule has 2 aromatic carbocycles. The van der Waals surface area contributed by atoms with Gasteiger partial charge in [0.25, 0.3) is 11.8 Å². The fourth-order valence-electron chi connectivity index (χ4n) is 5.09. The van der Waals surface area contributed by atoms with E-state index in [4.69, 9.17) is 27.9 Å². The van der Waals surface area contributed by atoms with Gasteiger partial charge in [-0.1, -0.05) is 23.2 Å². The van der Waals surface area contributed by atoms with Crippen molar-refractivity contribution in [2.24, 2.45) is 0 Å². The van der Waals surface area contributed by atoms with E-state index in [1.54, 1.807) is 12.1 Å². The summed E-state index contributed by atoms with van der Waals surface area (Å²) in [6, 6.07) is 8.49. The molecule has 36 heavy (non-hydrogen) atoms. The molecule has 12 heteroatoms. The number of aliphatic hydroxyl groups excluding tert-OH is 1. The minimum atomic E-state index is -3.77. The lowest BCUT2D eigenvalue weighted by Gasteiger charge is -2.56. The first kappa shape index (κ1) is 24.9. The molecule has 3 fully saturated rings. The number of halogens is 4. The average molecular weight is 543 g/mol. The van der Waals surface area contributed by atoms with Crippen molar-refractivity contribution in [3.8, 4) is 17.2 Å². The van der Waals surface area contributed by atoms with Crippen LogP contribution in [0.2, 0.25) is 10.0 Å². The molecule has 2 aromatic rings. The van der Waals surface area contributed by atoms with Crippen molar-refractivity contribution in [3.05, 3.63) is 52.0 Å². The zero-order chi connectivity index (χ0) is 25.7. The topological polar surface area (TPSA) is 106 Å². The van der Waals surface area contributed by atoms with Crippen LogP contribution in [0.5, 0.6) is 17.2 Å². The standard InChI is InChI=1S/C24H22Cl2F2N2O6/c25-15-3-2-14(10-16(15)26)34-12-20(32)29-23-7-5-22(6-8-23,11-19(23)31)30-21(33)13-1-4-17-18(9-13)36-24(27,28)35-17/h1-4,9-10,19,31H,5-8,11-12H2,(H,29,32)(H,30,33). The van der Waals surface area contributed by atoms with Gasteiger partial charge in [-0.25, -0.2) is 0 Å². The Labute approximate surface area is 214 Å². The number of carbonyl (C=O) groups is 2. The fraction of sp³-hybridized carbons (Fsp3) is 0.417. The highest BCUT2D eigenvalue weighted by Gasteiger charge is 2.55. The van der Waals surface area contributed by atoms with E-state index in [0.29, 0.717) is 41.5 Å². The normalized spacial score (nSPS) is 27.4. The average Bonchev–Trinajstić information content (AvgIpc) is 3.14. The number of fused-ring (bicyclic) bond motifs is 4. The lowest BCUT2D eigenvalue weighted by molar-refractivity contribution is -0.286. The first-order valence-corrected chi connectivity index (χ1v) is 12.0. The van der Waals surface area contributed by atoms with Crippen LogP contribution in [-0.2, 0) is 4.79 Å². The van der Waals surface area contributed by atoms with Gasteiger partial charge in [-0.3, -0.25) is 9.59 Å². The molecule has 1 unspecified atom stereocenters. The maximum Gasteiger partial charge on any atom is 0.586 e. The molecule has 3 N–H and O–H groups in total. The fourth-order valence-corrected chi connectivity index (χ4v) is 5.38. The molecule has 1 atom stereocenters. The third-order valence-electron chi connectivity index (χ3n) is 7.01. The third-order valence-corrected chi connectivity index (χ3v) is 7.75. The molecule has 0 radical (unpaired) electrons. The van der Waals surface area contributed by atoms with E-state index in [1.807, 2.05) is 0 Å². The smallest absolute Gasteiger partial charge is 0.484 e. The van der Waals surface area contributed by atoms with Gasteiger partial charge in [0.1, 0.15) is 5.75 Å². The van der Waals surface area contributed by atoms with Crippen molar-refractivity contribution >= 4 is 35.0 Å². The van der Waals surface area contributed by atoms with E-state index in [0.717, 1.165) is 0 Å². The molecule has 0 saturated heterocycles. The van der Waals surface area contributed by atoms with E-state index >= 15 is 0 Å². The number of benzene rings is 2. The highest BCUT2D eigenvalue weighted by molar-refractivity contribution is 6.42. The van der Waals surface area contributed by atoms with Gasteiger partial charge in [0.2, 0.25) is 0 Å². The Kier molecular flexibility index (Phi) is 6.17. The second-order valence-electron chi connectivity index (χ2n) is 9.35. The summed E-state index contributed by atoms with van der Waals surface area (Å²) in [6.07, 6.45) is -2.51. The minimum absolute atomic E-state index is 0.133. The lowest BCUT2D eigenvalue weighted by Crippen LogP contribution is -2.70. The highest BCUT2D eigenvalue weighted by atomic mass is 35.5. The molecule has 1 heterocycles. The van der Waals surface area contributed by atoms with Gasteiger partial charge in [-0.15, -0.1) is 8.78 Å². The number of ether oxygens (including phenoxy) is 3. The van der Waals surface area contributed by atoms with Crippen LogP contribution < -0.4 is 24.8 Å². The third kappa shape index (κ3) is 4.77. The number of rotatable bonds is 6. The van der Waals surface area contributed by atoms with Crippen LogP contribution in [0.25, 0.3) is 0 Å². The largest absolute Gasteiger partial charge is 0.586 e. The van der Waals surface area contributed by atoms with E-state index < -0.39 is 35.3 Å². The van der Waals surface area contributed by atoms with Crippen LogP contribution in [0.15, 0.2) is 36.4 Å². The lowest BCUT2D eigenvalue weighted by atomic mass is 9.60. The van der Waals surface area contributed by atoms with Crippen LogP contribution in [0.1, 0.15) is 42.5 Å². The zero-order valence-corrected chi connectivity index (χ0v) is 20.3. The van der Waals surface area contributed by atoms with Gasteiger partial charge < -0.3 is 30.0 Å². The number of alkyl halides is 2. The van der Waals surface area contributed by atoms with Crippen LogP contribution in [0.4, 0.5) is 8.78 Å². The summed E-state index contributed by atoms with van der Waals surface area (Å²) < 4.78 is 40.8. The van der Waals surface area contributed by atoms with Crippen molar-refractivity contribution < 1.29 is 37.7 Å². The molecule has 2 bridgehead atoms. The molecule has 4 aliphatic rings. The monoisotopic (exact) mass is 542 g/mol. The van der Waals surface area contributed by atoms with Gasteiger partial charge in [-0.05, 0) is 62.4 Å². The van der Waals surface area contributed by atoms with Crippen LogP contribution in [0.3, 0.4) is 0 Å². The Balaban J connectivity index is 1.18. The van der Waals surface area contributed by atoms with Crippen molar-refractivity contribution in [1.82, 2.24) is 10.6 Å². The van der Waals surface area contributed by atoms with E-state index in [2.05, 4.69) is 20.1 Å². The summed E-state index contributed by atoms with van der Waals surface area (Å²) >= 11 is 11.8. The van der Waals surface area contributed by atoms with Gasteiger partial charge in [0.05, 0.1) is 21.7 Å². The quantitative estimate of drug-likeness (QED) is 0.508. The van der Waals surface area contributed by atoms with Gasteiger partial charge in [0.15, 0.2) is 18.1 Å². The molecule has 192 valence electrons. The molecule has 3 aliphatic carbocycles. The highest BCUT2D eigenvalue weighted by Crippen LogP contribution is 2.47. The number of carbonyl (C=O) groups excluding carboxylic acids is 2. The number of hydrogen-bond donors (Lipinski definition) is 3. The molecule has 2 amide bonds. The van der Waals surface area contributed by atoms with Crippen molar-refractivity contribution in [2.75, 3.05) is 6.61 Å². The number of aliphatic hydroxyl groups is 1. The molecule has 3 saturated carbocycles. The first-order chi connectivity index (χ1) is 17.0. The summed E-state index contributed by atoms with van der Waals surface area (Å²) in [4.78, 5) is 25.5. The first-order valence-electron chi connectivity index (χ1n) is 11.3.